The van der Waals surface area contributed by atoms with Gasteiger partial charge in [-0.1, -0.05) is 59.6 Å². The molecule has 2 aliphatic heterocycles. The van der Waals surface area contributed by atoms with E-state index in [1.165, 1.54) is 6.07 Å². The number of amides is 1. The molecule has 0 aromatic heterocycles. The Labute approximate surface area is 220 Å². The minimum absolute atomic E-state index is 0.0382. The average molecular weight is 519 g/mol. The molecule has 182 valence electrons. The summed E-state index contributed by atoms with van der Waals surface area (Å²) in [6, 6.07) is 24.5. The first-order valence-corrected chi connectivity index (χ1v) is 12.9. The fourth-order valence-electron chi connectivity index (χ4n) is 5.76. The van der Waals surface area contributed by atoms with E-state index in [0.29, 0.717) is 22.2 Å². The van der Waals surface area contributed by atoms with Crippen molar-refractivity contribution in [1.29, 1.82) is 0 Å². The summed E-state index contributed by atoms with van der Waals surface area (Å²) in [6.45, 7) is 3.06. The van der Waals surface area contributed by atoms with Gasteiger partial charge in [-0.05, 0) is 90.3 Å². The van der Waals surface area contributed by atoms with Gasteiger partial charge >= 0.3 is 0 Å². The average Bonchev–Trinajstić information content (AvgIpc) is 3.20. The molecule has 2 heterocycles. The third kappa shape index (κ3) is 4.17. The number of carbonyl (C=O) groups is 1. The van der Waals surface area contributed by atoms with Gasteiger partial charge in [0.2, 0.25) is 0 Å². The Bertz CT molecular complexity index is 1480. The molecule has 1 spiro atoms. The second kappa shape index (κ2) is 9.19. The molecule has 3 nitrogen and oxygen atoms in total. The predicted molar refractivity (Wildman–Crippen MR) is 145 cm³/mol. The molecule has 1 fully saturated rings. The summed E-state index contributed by atoms with van der Waals surface area (Å²) >= 11 is 12.3. The van der Waals surface area contributed by atoms with E-state index in [-0.39, 0.29) is 17.1 Å². The minimum Gasteiger partial charge on any atom is -0.307 e. The van der Waals surface area contributed by atoms with Crippen LogP contribution < -0.4 is 4.90 Å². The summed E-state index contributed by atoms with van der Waals surface area (Å²) in [6.07, 6.45) is 1.71. The Hall–Kier alpha value is -2.92. The molecule has 1 saturated heterocycles. The molecule has 0 bridgehead atoms. The summed E-state index contributed by atoms with van der Waals surface area (Å²) < 4.78 is 14.4. The molecule has 4 aromatic rings. The smallest absolute Gasteiger partial charge is 0.258 e. The van der Waals surface area contributed by atoms with Gasteiger partial charge in [-0.2, -0.15) is 0 Å². The van der Waals surface area contributed by atoms with Crippen LogP contribution >= 0.6 is 23.2 Å². The molecule has 0 radical (unpaired) electrons. The fourth-order valence-corrected chi connectivity index (χ4v) is 6.08. The van der Waals surface area contributed by atoms with Gasteiger partial charge in [-0.25, -0.2) is 4.39 Å². The minimum atomic E-state index is -0.258. The second-order valence-corrected chi connectivity index (χ2v) is 10.7. The standard InChI is InChI=1S/C30H25Cl2FN2O/c31-26-9-5-20(15-27(26)32)18-34-13-11-30(12-14-34)19-35(28-10-8-24(33)17-25(28)30)29(36)23-7-6-21-3-1-2-4-22(21)16-23/h1-10,15-17H,11-14,18-19H2. The van der Waals surface area contributed by atoms with Crippen molar-refractivity contribution in [2.75, 3.05) is 24.5 Å². The molecule has 4 aromatic carbocycles. The lowest BCUT2D eigenvalue weighted by atomic mass is 9.74. The second-order valence-electron chi connectivity index (χ2n) is 9.92. The van der Waals surface area contributed by atoms with Gasteiger partial charge in [0.05, 0.1) is 10.0 Å². The number of carbonyl (C=O) groups excluding carboxylic acids is 1. The lowest BCUT2D eigenvalue weighted by Gasteiger charge is -2.40. The van der Waals surface area contributed by atoms with Crippen molar-refractivity contribution in [2.45, 2.75) is 24.8 Å². The molecule has 0 saturated carbocycles. The topological polar surface area (TPSA) is 23.6 Å². The van der Waals surface area contributed by atoms with Crippen molar-refractivity contribution in [3.63, 3.8) is 0 Å². The van der Waals surface area contributed by atoms with Crippen LogP contribution in [-0.2, 0) is 12.0 Å². The van der Waals surface area contributed by atoms with Crippen molar-refractivity contribution in [1.82, 2.24) is 4.90 Å². The Morgan fingerprint density at radius 3 is 2.42 bits per heavy atom. The lowest BCUT2D eigenvalue weighted by molar-refractivity contribution is 0.0975. The van der Waals surface area contributed by atoms with E-state index in [2.05, 4.69) is 4.90 Å². The number of piperidine rings is 1. The zero-order chi connectivity index (χ0) is 24.9. The van der Waals surface area contributed by atoms with Gasteiger partial charge in [0.1, 0.15) is 5.82 Å². The van der Waals surface area contributed by atoms with Gasteiger partial charge in [0.25, 0.3) is 5.91 Å². The van der Waals surface area contributed by atoms with Crippen LogP contribution in [-0.4, -0.2) is 30.4 Å². The summed E-state index contributed by atoms with van der Waals surface area (Å²) in [4.78, 5) is 18.0. The highest BCUT2D eigenvalue weighted by atomic mass is 35.5. The predicted octanol–water partition coefficient (Wildman–Crippen LogP) is 7.48. The van der Waals surface area contributed by atoms with E-state index >= 15 is 0 Å². The van der Waals surface area contributed by atoms with Crippen molar-refractivity contribution in [2.24, 2.45) is 0 Å². The maximum Gasteiger partial charge on any atom is 0.258 e. The van der Waals surface area contributed by atoms with Crippen molar-refractivity contribution in [3.05, 3.63) is 111 Å². The van der Waals surface area contributed by atoms with Crippen LogP contribution in [0.1, 0.15) is 34.3 Å². The maximum absolute atomic E-state index is 14.4. The van der Waals surface area contributed by atoms with Crippen LogP contribution in [0.2, 0.25) is 10.0 Å². The van der Waals surface area contributed by atoms with Gasteiger partial charge in [-0.3, -0.25) is 9.69 Å². The molecule has 0 aliphatic carbocycles. The van der Waals surface area contributed by atoms with Crippen LogP contribution in [0.15, 0.2) is 78.9 Å². The summed E-state index contributed by atoms with van der Waals surface area (Å²) in [7, 11) is 0. The Morgan fingerprint density at radius 1 is 0.861 bits per heavy atom. The van der Waals surface area contributed by atoms with Gasteiger partial charge in [0, 0.05) is 29.8 Å². The van der Waals surface area contributed by atoms with E-state index in [1.807, 2.05) is 65.6 Å². The van der Waals surface area contributed by atoms with Crippen molar-refractivity contribution in [3.8, 4) is 0 Å². The van der Waals surface area contributed by atoms with Gasteiger partial charge < -0.3 is 4.90 Å². The number of benzene rings is 4. The van der Waals surface area contributed by atoms with E-state index in [0.717, 1.165) is 60.1 Å². The van der Waals surface area contributed by atoms with Gasteiger partial charge in [0.15, 0.2) is 0 Å². The monoisotopic (exact) mass is 518 g/mol. The Kier molecular flexibility index (Phi) is 5.99. The Morgan fingerprint density at radius 2 is 1.64 bits per heavy atom. The number of hydrogen-bond donors (Lipinski definition) is 0. The highest BCUT2D eigenvalue weighted by molar-refractivity contribution is 6.42. The zero-order valence-corrected chi connectivity index (χ0v) is 21.2. The molecule has 1 amide bonds. The third-order valence-electron chi connectivity index (χ3n) is 7.73. The van der Waals surface area contributed by atoms with Crippen molar-refractivity contribution >= 4 is 45.6 Å². The first kappa shape index (κ1) is 23.5. The largest absolute Gasteiger partial charge is 0.307 e. The highest BCUT2D eigenvalue weighted by Crippen LogP contribution is 2.48. The number of halogens is 3. The molecule has 6 rings (SSSR count). The molecule has 2 aliphatic rings. The van der Waals surface area contributed by atoms with Crippen LogP contribution in [0.3, 0.4) is 0 Å². The van der Waals surface area contributed by atoms with Gasteiger partial charge in [-0.15, -0.1) is 0 Å². The normalized spacial score (nSPS) is 17.0. The quantitative estimate of drug-likeness (QED) is 0.280. The number of nitrogens with zero attached hydrogens (tertiary/aromatic N) is 2. The SMILES string of the molecule is O=C(c1ccc2ccccc2c1)N1CC2(CCN(Cc3ccc(Cl)c(Cl)c3)CC2)c2cc(F)ccc21. The molecule has 6 heteroatoms. The van der Waals surface area contributed by atoms with Crippen molar-refractivity contribution < 1.29 is 9.18 Å². The lowest BCUT2D eigenvalue weighted by Crippen LogP contribution is -2.45. The molecular weight excluding hydrogens is 494 g/mol. The number of anilines is 1. The number of rotatable bonds is 3. The number of hydrogen-bond acceptors (Lipinski definition) is 2. The van der Waals surface area contributed by atoms with E-state index < -0.39 is 0 Å². The summed E-state index contributed by atoms with van der Waals surface area (Å²) in [5.41, 5.74) is 3.29. The first-order chi connectivity index (χ1) is 17.4. The van der Waals surface area contributed by atoms with Crippen LogP contribution in [0, 0.1) is 5.82 Å². The van der Waals surface area contributed by atoms with E-state index in [1.54, 1.807) is 12.1 Å². The van der Waals surface area contributed by atoms with E-state index in [4.69, 9.17) is 23.2 Å². The molecule has 0 atom stereocenters. The molecule has 36 heavy (non-hydrogen) atoms. The highest BCUT2D eigenvalue weighted by Gasteiger charge is 2.46. The number of fused-ring (bicyclic) bond motifs is 3. The first-order valence-electron chi connectivity index (χ1n) is 12.2. The third-order valence-corrected chi connectivity index (χ3v) is 8.47. The molecule has 0 unspecified atom stereocenters. The van der Waals surface area contributed by atoms with E-state index in [9.17, 15) is 9.18 Å². The van der Waals surface area contributed by atoms with Crippen LogP contribution in [0.25, 0.3) is 10.8 Å². The molecule has 0 N–H and O–H groups in total. The number of likely N-dealkylation sites (tertiary alicyclic amines) is 1. The van der Waals surface area contributed by atoms with Crippen LogP contribution in [0.5, 0.6) is 0 Å². The Balaban J connectivity index is 1.26. The van der Waals surface area contributed by atoms with Crippen LogP contribution in [0.4, 0.5) is 10.1 Å². The fraction of sp³-hybridized carbons (Fsp3) is 0.233. The summed E-state index contributed by atoms with van der Waals surface area (Å²) in [5, 5.41) is 3.25. The maximum atomic E-state index is 14.4. The molecular formula is C30H25Cl2FN2O. The summed E-state index contributed by atoms with van der Waals surface area (Å²) in [5.74, 6) is -0.296. The zero-order valence-electron chi connectivity index (χ0n) is 19.7.